The summed E-state index contributed by atoms with van der Waals surface area (Å²) in [7, 11) is 0. The average Bonchev–Trinajstić information content (AvgIpc) is 3.82. The van der Waals surface area contributed by atoms with Gasteiger partial charge in [0, 0.05) is 50.5 Å². The van der Waals surface area contributed by atoms with Crippen molar-refractivity contribution in [1.29, 1.82) is 10.8 Å². The van der Waals surface area contributed by atoms with Crippen LogP contribution in [0.4, 0.5) is 0 Å². The predicted octanol–water partition coefficient (Wildman–Crippen LogP) is 11.4. The monoisotopic (exact) mass is 628 g/mol. The summed E-state index contributed by atoms with van der Waals surface area (Å²) in [6.45, 7) is 0. The van der Waals surface area contributed by atoms with E-state index in [0.717, 1.165) is 88.1 Å². The molecular weight excluding hydrogens is 601 g/mol. The van der Waals surface area contributed by atoms with Crippen LogP contribution >= 0.6 is 0 Å². The van der Waals surface area contributed by atoms with Crippen LogP contribution in [0.2, 0.25) is 0 Å². The molecule has 5 heteroatoms. The second-order valence-corrected chi connectivity index (χ2v) is 12.5. The minimum atomic E-state index is 0.679. The van der Waals surface area contributed by atoms with E-state index in [0.29, 0.717) is 11.1 Å². The molecule has 5 nitrogen and oxygen atoms in total. The van der Waals surface area contributed by atoms with Crippen molar-refractivity contribution in [1.82, 2.24) is 9.13 Å². The molecule has 0 aliphatic rings. The van der Waals surface area contributed by atoms with E-state index >= 15 is 0 Å². The minimum Gasteiger partial charge on any atom is -0.455 e. The summed E-state index contributed by atoms with van der Waals surface area (Å²) >= 11 is 0. The lowest BCUT2D eigenvalue weighted by Crippen LogP contribution is -2.09. The molecule has 0 aliphatic heterocycles. The highest BCUT2D eigenvalue weighted by Gasteiger charge is 2.24. The highest BCUT2D eigenvalue weighted by molar-refractivity contribution is 6.24. The maximum atomic E-state index is 8.75. The lowest BCUT2D eigenvalue weighted by atomic mass is 10.0. The molecule has 10 rings (SSSR count). The van der Waals surface area contributed by atoms with E-state index in [-0.39, 0.29) is 0 Å². The molecule has 0 radical (unpaired) electrons. The van der Waals surface area contributed by atoms with E-state index < -0.39 is 0 Å². The van der Waals surface area contributed by atoms with Crippen LogP contribution in [0.1, 0.15) is 11.1 Å². The van der Waals surface area contributed by atoms with Crippen LogP contribution in [0.3, 0.4) is 0 Å². The fraction of sp³-hybridized carbons (Fsp3) is 0. The van der Waals surface area contributed by atoms with E-state index in [1.807, 2.05) is 24.3 Å². The van der Waals surface area contributed by atoms with Crippen LogP contribution in [0.25, 0.3) is 88.1 Å². The Morgan fingerprint density at radius 1 is 0.469 bits per heavy atom. The Kier molecular flexibility index (Phi) is 5.81. The van der Waals surface area contributed by atoms with Crippen molar-refractivity contribution >= 4 is 78.0 Å². The molecule has 0 atom stereocenters. The van der Waals surface area contributed by atoms with Crippen molar-refractivity contribution in [2.45, 2.75) is 0 Å². The van der Waals surface area contributed by atoms with Crippen LogP contribution in [-0.2, 0) is 0 Å². The van der Waals surface area contributed by atoms with Gasteiger partial charge in [-0.25, -0.2) is 0 Å². The Morgan fingerprint density at radius 3 is 1.94 bits per heavy atom. The maximum Gasteiger partial charge on any atom is 0.145 e. The zero-order valence-corrected chi connectivity index (χ0v) is 26.3. The van der Waals surface area contributed by atoms with Gasteiger partial charge in [0.1, 0.15) is 11.2 Å². The first kappa shape index (κ1) is 27.4. The van der Waals surface area contributed by atoms with E-state index in [4.69, 9.17) is 15.2 Å². The number of rotatable bonds is 5. The molecule has 2 N–H and O–H groups in total. The van der Waals surface area contributed by atoms with E-state index in [1.54, 1.807) is 0 Å². The normalized spacial score (nSPS) is 11.8. The molecule has 0 amide bonds. The highest BCUT2D eigenvalue weighted by Crippen LogP contribution is 2.43. The van der Waals surface area contributed by atoms with Gasteiger partial charge in [-0.05, 0) is 59.7 Å². The van der Waals surface area contributed by atoms with Crippen LogP contribution in [-0.4, -0.2) is 21.6 Å². The van der Waals surface area contributed by atoms with Crippen LogP contribution in [0, 0.1) is 10.8 Å². The second-order valence-electron chi connectivity index (χ2n) is 12.5. The summed E-state index contributed by atoms with van der Waals surface area (Å²) in [5, 5.41) is 23.7. The van der Waals surface area contributed by atoms with Gasteiger partial charge in [0.2, 0.25) is 0 Å². The summed E-state index contributed by atoms with van der Waals surface area (Å²) in [5.41, 5.74) is 11.3. The Balaban J connectivity index is 1.36. The van der Waals surface area contributed by atoms with Gasteiger partial charge < -0.3 is 24.4 Å². The summed E-state index contributed by atoms with van der Waals surface area (Å²) < 4.78 is 11.2. The predicted molar refractivity (Wildman–Crippen MR) is 204 cm³/mol. The third kappa shape index (κ3) is 3.81. The van der Waals surface area contributed by atoms with Crippen LogP contribution in [0.15, 0.2) is 150 Å². The van der Waals surface area contributed by atoms with Gasteiger partial charge in [-0.3, -0.25) is 0 Å². The molecule has 10 aromatic rings. The molecular formula is C44H28N4O. The number of hydrogen-bond donors (Lipinski definition) is 2. The summed E-state index contributed by atoms with van der Waals surface area (Å²) in [6, 6.07) is 50.6. The Bertz CT molecular complexity index is 2980. The quantitative estimate of drug-likeness (QED) is 0.183. The van der Waals surface area contributed by atoms with Crippen molar-refractivity contribution in [2.24, 2.45) is 0 Å². The van der Waals surface area contributed by atoms with Crippen molar-refractivity contribution in [3.05, 3.63) is 157 Å². The maximum absolute atomic E-state index is 8.75. The van der Waals surface area contributed by atoms with Crippen molar-refractivity contribution in [3.63, 3.8) is 0 Å². The molecule has 7 aromatic carbocycles. The van der Waals surface area contributed by atoms with Crippen molar-refractivity contribution in [3.8, 4) is 22.5 Å². The smallest absolute Gasteiger partial charge is 0.145 e. The Labute approximate surface area is 280 Å². The zero-order valence-electron chi connectivity index (χ0n) is 26.3. The fourth-order valence-corrected chi connectivity index (χ4v) is 7.82. The topological polar surface area (TPSA) is 70.7 Å². The number of nitrogens with zero attached hydrogens (tertiary/aromatic N) is 2. The first-order valence-electron chi connectivity index (χ1n) is 16.4. The molecule has 49 heavy (non-hydrogen) atoms. The standard InChI is InChI=1S/C44H28N4O/c45-25-29-19-22-40(47-37-16-8-5-14-33(37)42-39(47)23-20-32-31-13-6-9-17-41(31)49-44(32)42)43(35(29)26-46)48-36-15-7-4-12-30(36)34-24-28(18-21-38(34)48)27-10-2-1-3-11-27/h1-26,45-46H. The van der Waals surface area contributed by atoms with Crippen molar-refractivity contribution < 1.29 is 4.42 Å². The highest BCUT2D eigenvalue weighted by atomic mass is 16.3. The second kappa shape index (κ2) is 10.4. The number of para-hydroxylation sites is 3. The number of nitrogens with one attached hydrogen (secondary N) is 2. The Morgan fingerprint density at radius 2 is 1.14 bits per heavy atom. The van der Waals surface area contributed by atoms with E-state index in [9.17, 15) is 0 Å². The lowest BCUT2D eigenvalue weighted by Gasteiger charge is -2.20. The van der Waals surface area contributed by atoms with Gasteiger partial charge in [-0.1, -0.05) is 97.1 Å². The largest absolute Gasteiger partial charge is 0.455 e. The first-order chi connectivity index (χ1) is 24.2. The zero-order chi connectivity index (χ0) is 32.6. The van der Waals surface area contributed by atoms with E-state index in [1.165, 1.54) is 12.4 Å². The number of fused-ring (bicyclic) bond motifs is 10. The fourth-order valence-electron chi connectivity index (χ4n) is 7.82. The third-order valence-electron chi connectivity index (χ3n) is 9.95. The molecule has 0 aliphatic carbocycles. The number of aromatic nitrogens is 2. The molecule has 0 saturated heterocycles. The van der Waals surface area contributed by atoms with E-state index in [2.05, 4.69) is 130 Å². The molecule has 3 heterocycles. The summed E-state index contributed by atoms with van der Waals surface area (Å²) in [5.74, 6) is 0. The van der Waals surface area contributed by atoms with Gasteiger partial charge in [0.05, 0.1) is 38.8 Å². The van der Waals surface area contributed by atoms with Gasteiger partial charge in [-0.15, -0.1) is 0 Å². The molecule has 230 valence electrons. The average molecular weight is 629 g/mol. The lowest BCUT2D eigenvalue weighted by molar-refractivity contribution is 0.673. The number of furan rings is 1. The van der Waals surface area contributed by atoms with Gasteiger partial charge in [0.15, 0.2) is 0 Å². The molecule has 0 fully saturated rings. The van der Waals surface area contributed by atoms with Crippen LogP contribution < -0.4 is 0 Å². The SMILES string of the molecule is N=Cc1ccc(-n2c3ccccc3c3c4oc5ccccc5c4ccc32)c(-n2c3ccccc3c3cc(-c4ccccc4)ccc32)c1C=N. The molecule has 0 bridgehead atoms. The summed E-state index contributed by atoms with van der Waals surface area (Å²) in [6.07, 6.45) is 2.74. The molecule has 0 saturated carbocycles. The number of hydrogen-bond acceptors (Lipinski definition) is 3. The molecule has 3 aromatic heterocycles. The minimum absolute atomic E-state index is 0.679. The Hall–Kier alpha value is -6.72. The summed E-state index contributed by atoms with van der Waals surface area (Å²) in [4.78, 5) is 0. The molecule has 0 unspecified atom stereocenters. The van der Waals surface area contributed by atoms with Gasteiger partial charge in [-0.2, -0.15) is 0 Å². The van der Waals surface area contributed by atoms with Gasteiger partial charge in [0.25, 0.3) is 0 Å². The van der Waals surface area contributed by atoms with Crippen LogP contribution in [0.5, 0.6) is 0 Å². The molecule has 0 spiro atoms. The van der Waals surface area contributed by atoms with Crippen molar-refractivity contribution in [2.75, 3.05) is 0 Å². The third-order valence-corrected chi connectivity index (χ3v) is 9.95. The van der Waals surface area contributed by atoms with Gasteiger partial charge >= 0.3 is 0 Å². The first-order valence-corrected chi connectivity index (χ1v) is 16.4. The number of benzene rings is 7.